The van der Waals surface area contributed by atoms with Gasteiger partial charge in [-0.05, 0) is 37.8 Å². The number of hydrogen-bond acceptors (Lipinski definition) is 2. The zero-order valence-electron chi connectivity index (χ0n) is 13.0. The standard InChI is InChI=1S/C17H27N3/c1-4-11-18-13-16-15-9-5-6-10-17(15)20(19-16)12-7-8-14(2)3/h5-6,9-10,14,18H,4,7-8,11-13H2,1-3H3. The molecule has 1 aromatic heterocycles. The molecule has 3 nitrogen and oxygen atoms in total. The molecule has 0 aliphatic rings. The molecule has 0 saturated heterocycles. The maximum atomic E-state index is 4.81. The molecule has 0 aliphatic heterocycles. The summed E-state index contributed by atoms with van der Waals surface area (Å²) in [6.45, 7) is 9.69. The van der Waals surface area contributed by atoms with Gasteiger partial charge in [-0.25, -0.2) is 0 Å². The fourth-order valence-corrected chi connectivity index (χ4v) is 2.53. The van der Waals surface area contributed by atoms with E-state index in [0.29, 0.717) is 0 Å². The van der Waals surface area contributed by atoms with Crippen LogP contribution in [0.3, 0.4) is 0 Å². The van der Waals surface area contributed by atoms with Crippen molar-refractivity contribution in [2.75, 3.05) is 6.54 Å². The van der Waals surface area contributed by atoms with Gasteiger partial charge in [0.05, 0.1) is 11.2 Å². The zero-order valence-corrected chi connectivity index (χ0v) is 13.0. The Kier molecular flexibility index (Phi) is 5.60. The van der Waals surface area contributed by atoms with Gasteiger partial charge in [-0.15, -0.1) is 0 Å². The third kappa shape index (κ3) is 3.83. The predicted octanol–water partition coefficient (Wildman–Crippen LogP) is 3.97. The Morgan fingerprint density at radius 2 is 2.05 bits per heavy atom. The second kappa shape index (κ2) is 7.44. The first-order chi connectivity index (χ1) is 9.72. The second-order valence-corrected chi connectivity index (χ2v) is 5.90. The summed E-state index contributed by atoms with van der Waals surface area (Å²) in [5, 5.41) is 9.56. The SMILES string of the molecule is CCCNCc1nn(CCCC(C)C)c2ccccc12. The molecule has 0 radical (unpaired) electrons. The minimum absolute atomic E-state index is 0.766. The highest BCUT2D eigenvalue weighted by atomic mass is 15.3. The maximum absolute atomic E-state index is 4.81. The summed E-state index contributed by atoms with van der Waals surface area (Å²) in [4.78, 5) is 0. The predicted molar refractivity (Wildman–Crippen MR) is 85.8 cm³/mol. The molecular weight excluding hydrogens is 246 g/mol. The first-order valence-corrected chi connectivity index (χ1v) is 7.87. The fourth-order valence-electron chi connectivity index (χ4n) is 2.53. The van der Waals surface area contributed by atoms with E-state index < -0.39 is 0 Å². The lowest BCUT2D eigenvalue weighted by molar-refractivity contribution is 0.493. The second-order valence-electron chi connectivity index (χ2n) is 5.90. The lowest BCUT2D eigenvalue weighted by Gasteiger charge is -2.05. The summed E-state index contributed by atoms with van der Waals surface area (Å²) in [7, 11) is 0. The number of aromatic nitrogens is 2. The Balaban J connectivity index is 2.13. The molecule has 0 unspecified atom stereocenters. The molecule has 1 N–H and O–H groups in total. The first kappa shape index (κ1) is 15.0. The molecule has 3 heteroatoms. The Bertz CT molecular complexity index is 528. The summed E-state index contributed by atoms with van der Waals surface area (Å²) in [6, 6.07) is 8.57. The molecule has 0 bridgehead atoms. The monoisotopic (exact) mass is 273 g/mol. The van der Waals surface area contributed by atoms with Crippen LogP contribution in [0, 0.1) is 5.92 Å². The number of aryl methyl sites for hydroxylation is 1. The van der Waals surface area contributed by atoms with Crippen molar-refractivity contribution < 1.29 is 0 Å². The average molecular weight is 273 g/mol. The van der Waals surface area contributed by atoms with E-state index in [1.54, 1.807) is 0 Å². The van der Waals surface area contributed by atoms with E-state index in [1.807, 2.05) is 0 Å². The summed E-state index contributed by atoms with van der Waals surface area (Å²) in [5.74, 6) is 0.766. The Morgan fingerprint density at radius 1 is 1.25 bits per heavy atom. The van der Waals surface area contributed by atoms with Gasteiger partial charge in [0.25, 0.3) is 0 Å². The van der Waals surface area contributed by atoms with Crippen LogP contribution in [0.4, 0.5) is 0 Å². The van der Waals surface area contributed by atoms with Crippen molar-refractivity contribution >= 4 is 10.9 Å². The van der Waals surface area contributed by atoms with Gasteiger partial charge < -0.3 is 5.32 Å². The normalized spacial score (nSPS) is 11.6. The summed E-state index contributed by atoms with van der Waals surface area (Å²) < 4.78 is 2.18. The third-order valence-electron chi connectivity index (χ3n) is 3.61. The molecule has 0 amide bonds. The summed E-state index contributed by atoms with van der Waals surface area (Å²) >= 11 is 0. The number of fused-ring (bicyclic) bond motifs is 1. The number of nitrogens with one attached hydrogen (secondary N) is 1. The smallest absolute Gasteiger partial charge is 0.0841 e. The maximum Gasteiger partial charge on any atom is 0.0841 e. The molecule has 0 spiro atoms. The van der Waals surface area contributed by atoms with Crippen LogP contribution in [0.5, 0.6) is 0 Å². The van der Waals surface area contributed by atoms with Gasteiger partial charge >= 0.3 is 0 Å². The van der Waals surface area contributed by atoms with Crippen LogP contribution in [0.1, 0.15) is 45.7 Å². The van der Waals surface area contributed by atoms with Crippen LogP contribution >= 0.6 is 0 Å². The summed E-state index contributed by atoms with van der Waals surface area (Å²) in [6.07, 6.45) is 3.62. The molecule has 20 heavy (non-hydrogen) atoms. The number of para-hydroxylation sites is 1. The van der Waals surface area contributed by atoms with Crippen molar-refractivity contribution in [1.82, 2.24) is 15.1 Å². The third-order valence-corrected chi connectivity index (χ3v) is 3.61. The van der Waals surface area contributed by atoms with Crippen molar-refractivity contribution in [3.05, 3.63) is 30.0 Å². The van der Waals surface area contributed by atoms with E-state index in [0.717, 1.165) is 32.0 Å². The molecule has 0 saturated carbocycles. The van der Waals surface area contributed by atoms with Gasteiger partial charge in [-0.2, -0.15) is 5.10 Å². The van der Waals surface area contributed by atoms with Gasteiger partial charge in [0.15, 0.2) is 0 Å². The molecule has 2 rings (SSSR count). The van der Waals surface area contributed by atoms with E-state index in [9.17, 15) is 0 Å². The van der Waals surface area contributed by atoms with E-state index in [4.69, 9.17) is 5.10 Å². The highest BCUT2D eigenvalue weighted by Gasteiger charge is 2.09. The zero-order chi connectivity index (χ0) is 14.4. The molecule has 0 aliphatic carbocycles. The molecular formula is C17H27N3. The van der Waals surface area contributed by atoms with Crippen molar-refractivity contribution in [1.29, 1.82) is 0 Å². The van der Waals surface area contributed by atoms with Crippen LogP contribution in [0.15, 0.2) is 24.3 Å². The lowest BCUT2D eigenvalue weighted by atomic mass is 10.1. The van der Waals surface area contributed by atoms with Crippen molar-refractivity contribution in [2.45, 2.75) is 53.1 Å². The van der Waals surface area contributed by atoms with Gasteiger partial charge in [-0.3, -0.25) is 4.68 Å². The Labute approximate surface area is 122 Å². The van der Waals surface area contributed by atoms with Gasteiger partial charge in [0, 0.05) is 18.5 Å². The highest BCUT2D eigenvalue weighted by Crippen LogP contribution is 2.19. The largest absolute Gasteiger partial charge is 0.311 e. The molecule has 0 fully saturated rings. The molecule has 1 heterocycles. The minimum Gasteiger partial charge on any atom is -0.311 e. The van der Waals surface area contributed by atoms with Crippen molar-refractivity contribution in [2.24, 2.45) is 5.92 Å². The quantitative estimate of drug-likeness (QED) is 0.737. The highest BCUT2D eigenvalue weighted by molar-refractivity contribution is 5.81. The number of hydrogen-bond donors (Lipinski definition) is 1. The topological polar surface area (TPSA) is 29.9 Å². The Morgan fingerprint density at radius 3 is 2.80 bits per heavy atom. The van der Waals surface area contributed by atoms with E-state index >= 15 is 0 Å². The van der Waals surface area contributed by atoms with E-state index in [1.165, 1.54) is 29.4 Å². The molecule has 2 aromatic rings. The van der Waals surface area contributed by atoms with Crippen LogP contribution in [0.25, 0.3) is 10.9 Å². The number of nitrogens with zero attached hydrogens (tertiary/aromatic N) is 2. The molecule has 0 atom stereocenters. The average Bonchev–Trinajstić information content (AvgIpc) is 2.78. The van der Waals surface area contributed by atoms with Crippen molar-refractivity contribution in [3.8, 4) is 0 Å². The van der Waals surface area contributed by atoms with Crippen molar-refractivity contribution in [3.63, 3.8) is 0 Å². The lowest BCUT2D eigenvalue weighted by Crippen LogP contribution is -2.14. The molecule has 1 aromatic carbocycles. The first-order valence-electron chi connectivity index (χ1n) is 7.87. The van der Waals surface area contributed by atoms with Gasteiger partial charge in [0.1, 0.15) is 0 Å². The molecule has 110 valence electrons. The van der Waals surface area contributed by atoms with Gasteiger partial charge in [-0.1, -0.05) is 39.0 Å². The van der Waals surface area contributed by atoms with Gasteiger partial charge in [0.2, 0.25) is 0 Å². The minimum atomic E-state index is 0.766. The number of benzene rings is 1. The summed E-state index contributed by atoms with van der Waals surface area (Å²) in [5.41, 5.74) is 2.45. The fraction of sp³-hybridized carbons (Fsp3) is 0.588. The van der Waals surface area contributed by atoms with Crippen LogP contribution in [-0.2, 0) is 13.1 Å². The Hall–Kier alpha value is -1.35. The van der Waals surface area contributed by atoms with Crippen LogP contribution in [-0.4, -0.2) is 16.3 Å². The van der Waals surface area contributed by atoms with E-state index in [-0.39, 0.29) is 0 Å². The number of rotatable bonds is 8. The van der Waals surface area contributed by atoms with Crippen LogP contribution < -0.4 is 5.32 Å². The van der Waals surface area contributed by atoms with E-state index in [2.05, 4.69) is 55.0 Å². The van der Waals surface area contributed by atoms with Crippen LogP contribution in [0.2, 0.25) is 0 Å².